The molecule has 0 aliphatic carbocycles. The van der Waals surface area contributed by atoms with Crippen molar-refractivity contribution in [2.75, 3.05) is 5.73 Å². The molecule has 5 aromatic rings. The van der Waals surface area contributed by atoms with Crippen LogP contribution < -0.4 is 11.1 Å². The first-order chi connectivity index (χ1) is 16.0. The van der Waals surface area contributed by atoms with Crippen molar-refractivity contribution in [1.82, 2.24) is 35.0 Å². The largest absolute Gasteiger partial charge is 0.383 e. The van der Waals surface area contributed by atoms with Gasteiger partial charge in [-0.15, -0.1) is 0 Å². The topological polar surface area (TPSA) is 127 Å². The predicted molar refractivity (Wildman–Crippen MR) is 121 cm³/mol. The number of nitrogens with one attached hydrogen (secondary N) is 2. The van der Waals surface area contributed by atoms with Gasteiger partial charge in [0.05, 0.1) is 17.3 Å². The zero-order valence-electron chi connectivity index (χ0n) is 17.6. The van der Waals surface area contributed by atoms with Crippen LogP contribution in [0.15, 0.2) is 61.3 Å². The predicted octanol–water partition coefficient (Wildman–Crippen LogP) is 3.07. The molecule has 0 unspecified atom stereocenters. The van der Waals surface area contributed by atoms with E-state index in [0.717, 1.165) is 16.7 Å². The number of H-pyrrole nitrogens is 1. The van der Waals surface area contributed by atoms with E-state index in [1.165, 1.54) is 12.1 Å². The average molecular weight is 442 g/mol. The fourth-order valence-electron chi connectivity index (χ4n) is 3.56. The number of hydrogen-bond acceptors (Lipinski definition) is 6. The number of anilines is 1. The molecule has 1 aromatic carbocycles. The number of halogens is 1. The molecular weight excluding hydrogens is 423 g/mol. The lowest BCUT2D eigenvalue weighted by atomic mass is 10.1. The first-order valence-corrected chi connectivity index (χ1v) is 10.1. The summed E-state index contributed by atoms with van der Waals surface area (Å²) in [6.07, 6.45) is 8.48. The number of aromatic amines is 1. The van der Waals surface area contributed by atoms with Crippen molar-refractivity contribution in [2.24, 2.45) is 7.05 Å². The number of nitrogens with two attached hydrogens (primary N) is 1. The molecule has 4 heterocycles. The molecular formula is C23H19FN8O. The van der Waals surface area contributed by atoms with Gasteiger partial charge < -0.3 is 16.0 Å². The van der Waals surface area contributed by atoms with Crippen LogP contribution in [-0.2, 0) is 13.6 Å². The Morgan fingerprint density at radius 1 is 1.18 bits per heavy atom. The number of aryl methyl sites for hydroxylation is 1. The van der Waals surface area contributed by atoms with Crippen LogP contribution in [0.4, 0.5) is 10.2 Å². The summed E-state index contributed by atoms with van der Waals surface area (Å²) in [5.41, 5.74) is 9.74. The van der Waals surface area contributed by atoms with Crippen LogP contribution in [0.1, 0.15) is 15.9 Å². The van der Waals surface area contributed by atoms with Gasteiger partial charge >= 0.3 is 0 Å². The zero-order chi connectivity index (χ0) is 22.9. The van der Waals surface area contributed by atoms with Crippen LogP contribution in [0.3, 0.4) is 0 Å². The van der Waals surface area contributed by atoms with Gasteiger partial charge in [0, 0.05) is 49.5 Å². The number of benzene rings is 1. The molecule has 10 heteroatoms. The molecule has 0 aliphatic rings. The SMILES string of the molecule is Cn1cc(-c2cnc(N)c(-c3nc4c(C(=O)NCc5ccncc5)c(F)ccc4[nH]3)c2)cn1. The lowest BCUT2D eigenvalue weighted by Gasteiger charge is -2.07. The van der Waals surface area contributed by atoms with Gasteiger partial charge in [-0.25, -0.2) is 14.4 Å². The Morgan fingerprint density at radius 3 is 2.76 bits per heavy atom. The van der Waals surface area contributed by atoms with E-state index in [1.807, 2.05) is 19.3 Å². The quantitative estimate of drug-likeness (QED) is 0.384. The highest BCUT2D eigenvalue weighted by atomic mass is 19.1. The Hall–Kier alpha value is -4.60. The number of imidazole rings is 1. The second-order valence-electron chi connectivity index (χ2n) is 7.50. The van der Waals surface area contributed by atoms with Crippen LogP contribution >= 0.6 is 0 Å². The van der Waals surface area contributed by atoms with E-state index in [4.69, 9.17) is 5.73 Å². The summed E-state index contributed by atoms with van der Waals surface area (Å²) in [5, 5.41) is 6.91. The summed E-state index contributed by atoms with van der Waals surface area (Å²) < 4.78 is 16.4. The van der Waals surface area contributed by atoms with E-state index in [9.17, 15) is 9.18 Å². The fourth-order valence-corrected chi connectivity index (χ4v) is 3.56. The monoisotopic (exact) mass is 442 g/mol. The zero-order valence-corrected chi connectivity index (χ0v) is 17.6. The van der Waals surface area contributed by atoms with E-state index in [0.29, 0.717) is 16.9 Å². The molecule has 0 fully saturated rings. The minimum absolute atomic E-state index is 0.140. The Labute approximate surface area is 187 Å². The summed E-state index contributed by atoms with van der Waals surface area (Å²) in [7, 11) is 1.82. The first kappa shape index (κ1) is 20.3. The third-order valence-corrected chi connectivity index (χ3v) is 5.25. The van der Waals surface area contributed by atoms with Crippen molar-refractivity contribution in [3.63, 3.8) is 0 Å². The first-order valence-electron chi connectivity index (χ1n) is 10.1. The number of fused-ring (bicyclic) bond motifs is 1. The summed E-state index contributed by atoms with van der Waals surface area (Å²) in [5.74, 6) is -0.591. The minimum Gasteiger partial charge on any atom is -0.383 e. The van der Waals surface area contributed by atoms with Crippen molar-refractivity contribution >= 4 is 22.8 Å². The van der Waals surface area contributed by atoms with Gasteiger partial charge in [-0.2, -0.15) is 5.10 Å². The molecule has 0 atom stereocenters. The molecule has 164 valence electrons. The van der Waals surface area contributed by atoms with Gasteiger partial charge in [0.25, 0.3) is 5.91 Å². The number of hydrogen-bond donors (Lipinski definition) is 3. The molecule has 5 rings (SSSR count). The van der Waals surface area contributed by atoms with E-state index in [2.05, 4.69) is 30.4 Å². The molecule has 4 N–H and O–H groups in total. The van der Waals surface area contributed by atoms with Gasteiger partial charge in [-0.3, -0.25) is 14.5 Å². The number of nitrogen functional groups attached to an aromatic ring is 1. The van der Waals surface area contributed by atoms with E-state index >= 15 is 0 Å². The fraction of sp³-hybridized carbons (Fsp3) is 0.0870. The van der Waals surface area contributed by atoms with Crippen molar-refractivity contribution in [3.05, 3.63) is 78.3 Å². The molecule has 1 amide bonds. The van der Waals surface area contributed by atoms with Crippen LogP contribution in [0.5, 0.6) is 0 Å². The van der Waals surface area contributed by atoms with Crippen molar-refractivity contribution < 1.29 is 9.18 Å². The lowest BCUT2D eigenvalue weighted by Crippen LogP contribution is -2.24. The molecule has 9 nitrogen and oxygen atoms in total. The number of aromatic nitrogens is 6. The molecule has 0 radical (unpaired) electrons. The number of amides is 1. The van der Waals surface area contributed by atoms with E-state index in [1.54, 1.807) is 41.6 Å². The highest BCUT2D eigenvalue weighted by Gasteiger charge is 2.20. The molecule has 0 bridgehead atoms. The number of nitrogens with zero attached hydrogens (tertiary/aromatic N) is 5. The smallest absolute Gasteiger partial charge is 0.256 e. The van der Waals surface area contributed by atoms with Crippen LogP contribution in [-0.4, -0.2) is 35.6 Å². The Morgan fingerprint density at radius 2 is 2.00 bits per heavy atom. The minimum atomic E-state index is -0.664. The van der Waals surface area contributed by atoms with Gasteiger partial charge in [0.2, 0.25) is 0 Å². The van der Waals surface area contributed by atoms with Crippen LogP contribution in [0, 0.1) is 5.82 Å². The maximum Gasteiger partial charge on any atom is 0.256 e. The lowest BCUT2D eigenvalue weighted by molar-refractivity contribution is 0.0948. The summed E-state index contributed by atoms with van der Waals surface area (Å²) in [4.78, 5) is 28.7. The molecule has 0 spiro atoms. The third kappa shape index (κ3) is 3.89. The number of rotatable bonds is 5. The second-order valence-corrected chi connectivity index (χ2v) is 7.50. The molecule has 0 aliphatic heterocycles. The number of pyridine rings is 2. The Bertz CT molecular complexity index is 1470. The highest BCUT2D eigenvalue weighted by molar-refractivity contribution is 6.05. The number of carbonyl (C=O) groups is 1. The third-order valence-electron chi connectivity index (χ3n) is 5.25. The molecule has 33 heavy (non-hydrogen) atoms. The van der Waals surface area contributed by atoms with Crippen molar-refractivity contribution in [3.8, 4) is 22.5 Å². The van der Waals surface area contributed by atoms with Crippen LogP contribution in [0.25, 0.3) is 33.5 Å². The van der Waals surface area contributed by atoms with Crippen molar-refractivity contribution in [2.45, 2.75) is 6.54 Å². The summed E-state index contributed by atoms with van der Waals surface area (Å²) >= 11 is 0. The van der Waals surface area contributed by atoms with Gasteiger partial charge in [-0.05, 0) is 35.9 Å². The number of carbonyl (C=O) groups excluding carboxylic acids is 1. The van der Waals surface area contributed by atoms with Gasteiger partial charge in [0.1, 0.15) is 28.5 Å². The highest BCUT2D eigenvalue weighted by Crippen LogP contribution is 2.30. The average Bonchev–Trinajstić information content (AvgIpc) is 3.45. The van der Waals surface area contributed by atoms with E-state index in [-0.39, 0.29) is 23.4 Å². The van der Waals surface area contributed by atoms with E-state index < -0.39 is 11.7 Å². The normalized spacial score (nSPS) is 11.1. The van der Waals surface area contributed by atoms with Crippen LogP contribution in [0.2, 0.25) is 0 Å². The second kappa shape index (κ2) is 8.15. The van der Waals surface area contributed by atoms with Gasteiger partial charge in [0.15, 0.2) is 0 Å². The molecule has 0 saturated carbocycles. The standard InChI is InChI=1S/C23H19FN8O/c1-32-12-15(11-29-32)14-8-16(21(25)27-10-14)22-30-18-3-2-17(24)19(20(18)31-22)23(33)28-9-13-4-6-26-7-5-13/h2-8,10-12H,9H2,1H3,(H2,25,27)(H,28,33)(H,30,31). The molecule has 4 aromatic heterocycles. The summed E-state index contributed by atoms with van der Waals surface area (Å²) in [6.45, 7) is 0.235. The maximum atomic E-state index is 14.7. The van der Waals surface area contributed by atoms with Crippen molar-refractivity contribution in [1.29, 1.82) is 0 Å². The Balaban J connectivity index is 1.52. The van der Waals surface area contributed by atoms with Gasteiger partial charge in [-0.1, -0.05) is 0 Å². The maximum absolute atomic E-state index is 14.7. The summed E-state index contributed by atoms with van der Waals surface area (Å²) in [6, 6.07) is 8.15. The molecule has 0 saturated heterocycles. The Kier molecular flexibility index (Phi) is 5.02.